The van der Waals surface area contributed by atoms with Gasteiger partial charge >= 0.3 is 0 Å². The number of hydrogen-bond donors (Lipinski definition) is 1. The van der Waals surface area contributed by atoms with Gasteiger partial charge in [0.1, 0.15) is 13.2 Å². The van der Waals surface area contributed by atoms with Crippen molar-refractivity contribution in [1.29, 1.82) is 4.78 Å². The lowest BCUT2D eigenvalue weighted by Crippen LogP contribution is -2.23. The van der Waals surface area contributed by atoms with E-state index in [1.165, 1.54) is 36.2 Å². The largest absolute Gasteiger partial charge is 0.486 e. The van der Waals surface area contributed by atoms with Crippen LogP contribution in [0.15, 0.2) is 59.8 Å². The van der Waals surface area contributed by atoms with E-state index in [-0.39, 0.29) is 0 Å². The predicted octanol–water partition coefficient (Wildman–Crippen LogP) is 4.29. The van der Waals surface area contributed by atoms with E-state index in [4.69, 9.17) is 14.3 Å². The summed E-state index contributed by atoms with van der Waals surface area (Å²) in [6, 6.07) is 14.9. The number of hydrogen-bond acceptors (Lipinski definition) is 7. The normalized spacial score (nSPS) is 20.1. The highest BCUT2D eigenvalue weighted by Crippen LogP contribution is 2.38. The van der Waals surface area contributed by atoms with Gasteiger partial charge in [-0.15, -0.1) is 0 Å². The minimum absolute atomic E-state index is 0.345. The standard InChI is InChI=1S/C24H26N4O3S/c1-32(25,29)20-14-26-24(27-15-20)18-6-4-17(5-7-18)16-28-10-2-3-21(28)19-8-9-22-23(13-19)31-12-11-30-22/h4-9,13-15,21,25H,2-3,10-12,16H2,1H3/t21-,32-/m1/s1. The van der Waals surface area contributed by atoms with E-state index >= 15 is 0 Å². The van der Waals surface area contributed by atoms with Crippen LogP contribution in [0.4, 0.5) is 0 Å². The van der Waals surface area contributed by atoms with Gasteiger partial charge < -0.3 is 9.47 Å². The van der Waals surface area contributed by atoms with Crippen LogP contribution in [0.5, 0.6) is 11.5 Å². The summed E-state index contributed by atoms with van der Waals surface area (Å²) < 4.78 is 30.9. The third kappa shape index (κ3) is 4.33. The van der Waals surface area contributed by atoms with E-state index in [0.717, 1.165) is 36.6 Å². The van der Waals surface area contributed by atoms with Crippen LogP contribution in [-0.2, 0) is 16.3 Å². The van der Waals surface area contributed by atoms with Crippen molar-refractivity contribution >= 4 is 9.73 Å². The van der Waals surface area contributed by atoms with Gasteiger partial charge in [0.05, 0.1) is 14.6 Å². The highest BCUT2D eigenvalue weighted by Gasteiger charge is 2.27. The average Bonchev–Trinajstić information content (AvgIpc) is 3.27. The second-order valence-electron chi connectivity index (χ2n) is 8.31. The first kappa shape index (κ1) is 20.9. The molecule has 32 heavy (non-hydrogen) atoms. The Kier molecular flexibility index (Phi) is 5.57. The Morgan fingerprint density at radius 1 is 1.06 bits per heavy atom. The maximum atomic E-state index is 11.8. The van der Waals surface area contributed by atoms with Crippen molar-refractivity contribution in [2.24, 2.45) is 0 Å². The fourth-order valence-corrected chi connectivity index (χ4v) is 4.83. The molecule has 5 rings (SSSR count). The summed E-state index contributed by atoms with van der Waals surface area (Å²) in [6.45, 7) is 3.14. The monoisotopic (exact) mass is 450 g/mol. The SMILES string of the molecule is C[S@@](=N)(=O)c1cnc(-c2ccc(CN3CCC[C@@H]3c3ccc4c(c3)OCCO4)cc2)nc1. The van der Waals surface area contributed by atoms with Gasteiger partial charge in [0.25, 0.3) is 0 Å². The molecular formula is C24H26N4O3S. The number of fused-ring (bicyclic) bond motifs is 1. The molecule has 0 amide bonds. The fourth-order valence-electron chi connectivity index (χ4n) is 4.32. The molecule has 166 valence electrons. The molecule has 3 heterocycles. The Morgan fingerprint density at radius 3 is 2.50 bits per heavy atom. The number of aromatic nitrogens is 2. The maximum absolute atomic E-state index is 11.8. The number of ether oxygens (including phenoxy) is 2. The molecule has 1 fully saturated rings. The molecule has 2 aliphatic rings. The smallest absolute Gasteiger partial charge is 0.161 e. The van der Waals surface area contributed by atoms with Gasteiger partial charge in [-0.1, -0.05) is 30.3 Å². The van der Waals surface area contributed by atoms with E-state index in [0.29, 0.717) is 30.0 Å². The summed E-state index contributed by atoms with van der Waals surface area (Å²) in [5.74, 6) is 2.25. The molecule has 7 nitrogen and oxygen atoms in total. The van der Waals surface area contributed by atoms with Crippen LogP contribution in [0.3, 0.4) is 0 Å². The van der Waals surface area contributed by atoms with Gasteiger partial charge in [0, 0.05) is 36.8 Å². The molecule has 3 aromatic rings. The second kappa shape index (κ2) is 8.52. The highest BCUT2D eigenvalue weighted by atomic mass is 32.2. The van der Waals surface area contributed by atoms with Crippen LogP contribution in [0, 0.1) is 4.78 Å². The Balaban J connectivity index is 1.30. The highest BCUT2D eigenvalue weighted by molar-refractivity contribution is 7.91. The van der Waals surface area contributed by atoms with Gasteiger partial charge in [-0.3, -0.25) is 4.90 Å². The molecular weight excluding hydrogens is 424 g/mol. The van der Waals surface area contributed by atoms with Gasteiger partial charge in [0.2, 0.25) is 0 Å². The molecule has 0 radical (unpaired) electrons. The molecule has 2 atom stereocenters. The lowest BCUT2D eigenvalue weighted by atomic mass is 10.0. The van der Waals surface area contributed by atoms with Crippen LogP contribution in [0.25, 0.3) is 11.4 Å². The number of benzene rings is 2. The fraction of sp³-hybridized carbons (Fsp3) is 0.333. The van der Waals surface area contributed by atoms with Gasteiger partial charge in [0.15, 0.2) is 17.3 Å². The first-order chi connectivity index (χ1) is 15.5. The van der Waals surface area contributed by atoms with Crippen LogP contribution in [0.2, 0.25) is 0 Å². The Bertz CT molecular complexity index is 1210. The van der Waals surface area contributed by atoms with E-state index in [9.17, 15) is 4.21 Å². The first-order valence-corrected chi connectivity index (χ1v) is 12.7. The molecule has 2 aliphatic heterocycles. The van der Waals surface area contributed by atoms with Crippen LogP contribution < -0.4 is 9.47 Å². The van der Waals surface area contributed by atoms with Crippen molar-refractivity contribution in [1.82, 2.24) is 14.9 Å². The molecule has 0 spiro atoms. The summed E-state index contributed by atoms with van der Waals surface area (Å²) in [7, 11) is -2.80. The summed E-state index contributed by atoms with van der Waals surface area (Å²) in [4.78, 5) is 11.4. The summed E-state index contributed by atoms with van der Waals surface area (Å²) in [5, 5.41) is 0. The minimum atomic E-state index is -2.80. The predicted molar refractivity (Wildman–Crippen MR) is 122 cm³/mol. The zero-order chi connectivity index (χ0) is 22.1. The Labute approximate surface area is 188 Å². The van der Waals surface area contributed by atoms with E-state index in [2.05, 4.69) is 39.1 Å². The molecule has 1 saturated heterocycles. The number of nitrogens with one attached hydrogen (secondary N) is 1. The molecule has 8 heteroatoms. The molecule has 1 N–H and O–H groups in total. The van der Waals surface area contributed by atoms with Gasteiger partial charge in [-0.2, -0.15) is 0 Å². The lowest BCUT2D eigenvalue weighted by molar-refractivity contribution is 0.170. The van der Waals surface area contributed by atoms with Crippen LogP contribution in [0.1, 0.15) is 30.0 Å². The summed E-state index contributed by atoms with van der Waals surface area (Å²) in [5.41, 5.74) is 3.41. The molecule has 0 aliphatic carbocycles. The quantitative estimate of drug-likeness (QED) is 0.624. The van der Waals surface area contributed by atoms with Crippen LogP contribution >= 0.6 is 0 Å². The van der Waals surface area contributed by atoms with Crippen LogP contribution in [-0.4, -0.2) is 45.1 Å². The summed E-state index contributed by atoms with van der Waals surface area (Å²) >= 11 is 0. The zero-order valence-corrected chi connectivity index (χ0v) is 18.8. The van der Waals surface area contributed by atoms with Gasteiger partial charge in [-0.05, 0) is 42.6 Å². The third-order valence-electron chi connectivity index (χ3n) is 5.99. The number of nitrogens with zero attached hydrogens (tertiary/aromatic N) is 3. The molecule has 0 unspecified atom stereocenters. The first-order valence-electron chi connectivity index (χ1n) is 10.8. The van der Waals surface area contributed by atoms with E-state index in [1.54, 1.807) is 0 Å². The van der Waals surface area contributed by atoms with Crippen molar-refractivity contribution < 1.29 is 13.7 Å². The van der Waals surface area contributed by atoms with E-state index < -0.39 is 9.73 Å². The van der Waals surface area contributed by atoms with Crippen molar-refractivity contribution in [3.63, 3.8) is 0 Å². The number of rotatable bonds is 5. The second-order valence-corrected chi connectivity index (χ2v) is 10.5. The molecule has 2 aromatic carbocycles. The zero-order valence-electron chi connectivity index (χ0n) is 18.0. The topological polar surface area (TPSA) is 88.4 Å². The molecule has 1 aromatic heterocycles. The van der Waals surface area contributed by atoms with E-state index in [1.807, 2.05) is 18.2 Å². The summed E-state index contributed by atoms with van der Waals surface area (Å²) in [6.07, 6.45) is 6.64. The molecule has 0 bridgehead atoms. The maximum Gasteiger partial charge on any atom is 0.161 e. The minimum Gasteiger partial charge on any atom is -0.486 e. The van der Waals surface area contributed by atoms with Crippen molar-refractivity contribution in [2.75, 3.05) is 26.0 Å². The van der Waals surface area contributed by atoms with Gasteiger partial charge in [-0.25, -0.2) is 19.0 Å². The average molecular weight is 451 g/mol. The Hall–Kier alpha value is -2.97. The lowest BCUT2D eigenvalue weighted by Gasteiger charge is -2.26. The third-order valence-corrected chi connectivity index (χ3v) is 7.10. The molecule has 0 saturated carbocycles. The van der Waals surface area contributed by atoms with Crippen molar-refractivity contribution in [2.45, 2.75) is 30.3 Å². The Morgan fingerprint density at radius 2 is 1.78 bits per heavy atom. The van der Waals surface area contributed by atoms with Crippen molar-refractivity contribution in [3.8, 4) is 22.9 Å². The number of likely N-dealkylation sites (tertiary alicyclic amines) is 1. The van der Waals surface area contributed by atoms with Crippen molar-refractivity contribution in [3.05, 3.63) is 66.0 Å².